The maximum absolute atomic E-state index is 12.8. The molecule has 2 aromatic heterocycles. The predicted molar refractivity (Wildman–Crippen MR) is 134 cm³/mol. The van der Waals surface area contributed by atoms with E-state index < -0.39 is 10.8 Å². The highest BCUT2D eigenvalue weighted by Crippen LogP contribution is 2.32. The van der Waals surface area contributed by atoms with Gasteiger partial charge in [0.25, 0.3) is 11.6 Å². The first-order chi connectivity index (χ1) is 17.3. The Labute approximate surface area is 209 Å². The lowest BCUT2D eigenvalue weighted by atomic mass is 10.1. The number of furan rings is 1. The fourth-order valence-electron chi connectivity index (χ4n) is 3.69. The van der Waals surface area contributed by atoms with Gasteiger partial charge in [-0.05, 0) is 67.1 Å². The lowest BCUT2D eigenvalue weighted by Crippen LogP contribution is -2.10. The third-order valence-electron chi connectivity index (χ3n) is 5.45. The lowest BCUT2D eigenvalue weighted by Gasteiger charge is -2.04. The van der Waals surface area contributed by atoms with E-state index in [0.717, 1.165) is 5.56 Å². The number of ether oxygens (including phenoxy) is 1. The van der Waals surface area contributed by atoms with E-state index >= 15 is 0 Å². The Bertz CT molecular complexity index is 1640. The van der Waals surface area contributed by atoms with E-state index in [1.165, 1.54) is 30.1 Å². The van der Waals surface area contributed by atoms with Gasteiger partial charge in [0.15, 0.2) is 5.76 Å². The van der Waals surface area contributed by atoms with E-state index in [0.29, 0.717) is 38.7 Å². The van der Waals surface area contributed by atoms with Crippen molar-refractivity contribution in [1.82, 2.24) is 15.0 Å². The first-order valence-electron chi connectivity index (χ1n) is 10.7. The van der Waals surface area contributed by atoms with Crippen molar-refractivity contribution in [3.8, 4) is 22.8 Å². The van der Waals surface area contributed by atoms with Gasteiger partial charge in [0, 0.05) is 11.8 Å². The first-order valence-corrected chi connectivity index (χ1v) is 11.1. The number of fused-ring (bicyclic) bond motifs is 1. The number of benzene rings is 3. The number of nitro benzene ring substituents is 1. The van der Waals surface area contributed by atoms with Crippen molar-refractivity contribution in [3.05, 3.63) is 93.2 Å². The van der Waals surface area contributed by atoms with Gasteiger partial charge in [-0.25, -0.2) is 0 Å². The number of aromatic nitrogens is 3. The summed E-state index contributed by atoms with van der Waals surface area (Å²) in [5.41, 5.74) is 3.24. The van der Waals surface area contributed by atoms with Crippen LogP contribution in [0.3, 0.4) is 0 Å². The molecule has 0 spiro atoms. The highest BCUT2D eigenvalue weighted by molar-refractivity contribution is 6.32. The molecule has 0 radical (unpaired) electrons. The number of halogens is 1. The SMILES string of the molecule is COc1ccc(-n2nc3ccc(NC(=O)c4ccc(-c5ccc(C)cc5[N+](=O)[O-])o4)cc3n2)cc1Cl. The second-order valence-corrected chi connectivity index (χ2v) is 8.31. The van der Waals surface area contributed by atoms with Crippen LogP contribution in [0.1, 0.15) is 16.1 Å². The van der Waals surface area contributed by atoms with Crippen LogP contribution in [0.5, 0.6) is 5.75 Å². The third-order valence-corrected chi connectivity index (χ3v) is 5.75. The van der Waals surface area contributed by atoms with Crippen molar-refractivity contribution in [2.75, 3.05) is 12.4 Å². The smallest absolute Gasteiger partial charge is 0.291 e. The Hall–Kier alpha value is -4.70. The van der Waals surface area contributed by atoms with Gasteiger partial charge in [0.05, 0.1) is 28.3 Å². The van der Waals surface area contributed by atoms with Gasteiger partial charge >= 0.3 is 0 Å². The van der Waals surface area contributed by atoms with Gasteiger partial charge in [0.1, 0.15) is 22.5 Å². The number of aryl methyl sites for hydroxylation is 1. The summed E-state index contributed by atoms with van der Waals surface area (Å²) in [6, 6.07) is 18.1. The quantitative estimate of drug-likeness (QED) is 0.229. The van der Waals surface area contributed by atoms with E-state index in [1.54, 1.807) is 55.5 Å². The summed E-state index contributed by atoms with van der Waals surface area (Å²) in [5.74, 6) is 0.268. The van der Waals surface area contributed by atoms with Gasteiger partial charge in [-0.15, -0.1) is 10.2 Å². The minimum Gasteiger partial charge on any atom is -0.495 e. The van der Waals surface area contributed by atoms with Gasteiger partial charge in [0.2, 0.25) is 0 Å². The molecule has 0 aliphatic carbocycles. The molecule has 0 atom stereocenters. The number of methoxy groups -OCH3 is 1. The number of hydrogen-bond acceptors (Lipinski definition) is 7. The number of hydrogen-bond donors (Lipinski definition) is 1. The van der Waals surface area contributed by atoms with E-state index in [9.17, 15) is 14.9 Å². The summed E-state index contributed by atoms with van der Waals surface area (Å²) in [6.45, 7) is 1.76. The minimum atomic E-state index is -0.510. The first kappa shape index (κ1) is 23.1. The summed E-state index contributed by atoms with van der Waals surface area (Å²) in [7, 11) is 1.53. The summed E-state index contributed by atoms with van der Waals surface area (Å²) in [4.78, 5) is 25.2. The highest BCUT2D eigenvalue weighted by atomic mass is 35.5. The predicted octanol–water partition coefficient (Wildman–Crippen LogP) is 5.81. The van der Waals surface area contributed by atoms with Crippen LogP contribution in [0.25, 0.3) is 28.0 Å². The number of anilines is 1. The molecule has 10 nitrogen and oxygen atoms in total. The maximum Gasteiger partial charge on any atom is 0.291 e. The molecular weight excluding hydrogens is 486 g/mol. The fraction of sp³-hybridized carbons (Fsp3) is 0.0800. The standard InChI is InChI=1S/C25H18ClN5O5/c1-14-3-6-17(21(11-14)31(33)34)22-9-10-24(36-22)25(32)27-15-4-7-19-20(12-15)29-30(28-19)16-5-8-23(35-2)18(26)13-16/h3-13H,1-2H3,(H,27,32). The molecule has 3 aromatic carbocycles. The van der Waals surface area contributed by atoms with Crippen LogP contribution in [0.15, 0.2) is 71.1 Å². The highest BCUT2D eigenvalue weighted by Gasteiger charge is 2.20. The molecule has 0 fully saturated rings. The van der Waals surface area contributed by atoms with Gasteiger partial charge < -0.3 is 14.5 Å². The summed E-state index contributed by atoms with van der Waals surface area (Å²) in [6.07, 6.45) is 0. The molecule has 5 aromatic rings. The summed E-state index contributed by atoms with van der Waals surface area (Å²) >= 11 is 6.21. The van der Waals surface area contributed by atoms with E-state index in [2.05, 4.69) is 15.5 Å². The fourth-order valence-corrected chi connectivity index (χ4v) is 3.94. The molecule has 5 rings (SSSR count). The van der Waals surface area contributed by atoms with Crippen LogP contribution in [0, 0.1) is 17.0 Å². The Morgan fingerprint density at radius 1 is 1.06 bits per heavy atom. The van der Waals surface area contributed by atoms with Crippen LogP contribution < -0.4 is 10.1 Å². The van der Waals surface area contributed by atoms with Crippen molar-refractivity contribution in [3.63, 3.8) is 0 Å². The molecule has 36 heavy (non-hydrogen) atoms. The van der Waals surface area contributed by atoms with Crippen LogP contribution in [0.4, 0.5) is 11.4 Å². The molecule has 0 unspecified atom stereocenters. The zero-order valence-electron chi connectivity index (χ0n) is 19.1. The molecule has 0 aliphatic rings. The zero-order valence-corrected chi connectivity index (χ0v) is 19.8. The zero-order chi connectivity index (χ0) is 25.4. The maximum atomic E-state index is 12.8. The molecule has 180 valence electrons. The number of rotatable bonds is 6. The minimum absolute atomic E-state index is 0.0106. The van der Waals surface area contributed by atoms with Crippen LogP contribution in [-0.4, -0.2) is 32.9 Å². The van der Waals surface area contributed by atoms with Gasteiger partial charge in [-0.3, -0.25) is 14.9 Å². The van der Waals surface area contributed by atoms with Crippen LogP contribution >= 0.6 is 11.6 Å². The van der Waals surface area contributed by atoms with Crippen molar-refractivity contribution in [2.45, 2.75) is 6.92 Å². The van der Waals surface area contributed by atoms with Crippen molar-refractivity contribution < 1.29 is 18.9 Å². The topological polar surface area (TPSA) is 125 Å². The molecule has 0 aliphatic heterocycles. The van der Waals surface area contributed by atoms with E-state index in [-0.39, 0.29) is 17.2 Å². The number of nitrogens with one attached hydrogen (secondary N) is 1. The number of nitro groups is 1. The van der Waals surface area contributed by atoms with Crippen molar-refractivity contribution in [2.24, 2.45) is 0 Å². The molecule has 0 saturated heterocycles. The molecule has 1 N–H and O–H groups in total. The van der Waals surface area contributed by atoms with Gasteiger partial charge in [-0.2, -0.15) is 4.80 Å². The second kappa shape index (κ2) is 9.16. The van der Waals surface area contributed by atoms with Crippen molar-refractivity contribution in [1.29, 1.82) is 0 Å². The average molecular weight is 504 g/mol. The monoisotopic (exact) mass is 503 g/mol. The molecule has 1 amide bonds. The van der Waals surface area contributed by atoms with Crippen molar-refractivity contribution >= 4 is 39.9 Å². The van der Waals surface area contributed by atoms with Gasteiger partial charge in [-0.1, -0.05) is 17.7 Å². The Morgan fingerprint density at radius 3 is 2.61 bits per heavy atom. The third kappa shape index (κ3) is 4.37. The molecular formula is C25H18ClN5O5. The summed E-state index contributed by atoms with van der Waals surface area (Å²) in [5, 5.41) is 23.5. The average Bonchev–Trinajstić information content (AvgIpc) is 3.51. The Kier molecular flexibility index (Phi) is 5.87. The number of amides is 1. The molecule has 0 bridgehead atoms. The molecule has 0 saturated carbocycles. The lowest BCUT2D eigenvalue weighted by molar-refractivity contribution is -0.384. The molecule has 2 heterocycles. The van der Waals surface area contributed by atoms with E-state index in [4.69, 9.17) is 20.8 Å². The number of carbonyl (C=O) groups is 1. The normalized spacial score (nSPS) is 11.0. The molecule has 11 heteroatoms. The summed E-state index contributed by atoms with van der Waals surface area (Å²) < 4.78 is 10.8. The Morgan fingerprint density at radius 2 is 1.86 bits per heavy atom. The Balaban J connectivity index is 1.37. The van der Waals surface area contributed by atoms with Crippen LogP contribution in [-0.2, 0) is 0 Å². The largest absolute Gasteiger partial charge is 0.495 e. The van der Waals surface area contributed by atoms with E-state index in [1.807, 2.05) is 0 Å². The van der Waals surface area contributed by atoms with Crippen LogP contribution in [0.2, 0.25) is 5.02 Å². The second-order valence-electron chi connectivity index (χ2n) is 7.91. The number of carbonyl (C=O) groups excluding carboxylic acids is 1. The number of nitrogens with zero attached hydrogens (tertiary/aromatic N) is 4.